The van der Waals surface area contributed by atoms with Crippen LogP contribution in [0.1, 0.15) is 40.2 Å². The van der Waals surface area contributed by atoms with E-state index in [0.29, 0.717) is 0 Å². The first-order valence-electron chi connectivity index (χ1n) is 7.45. The van der Waals surface area contributed by atoms with Crippen molar-refractivity contribution in [1.29, 1.82) is 0 Å². The molecule has 2 unspecified atom stereocenters. The first-order chi connectivity index (χ1) is 8.87. The van der Waals surface area contributed by atoms with Gasteiger partial charge in [-0.3, -0.25) is 0 Å². The molecule has 0 aromatic heterocycles. The maximum absolute atomic E-state index is 3.60. The molecular weight excluding hydrogens is 232 g/mol. The van der Waals surface area contributed by atoms with Crippen LogP contribution in [0.3, 0.4) is 0 Å². The smallest absolute Gasteiger partial charge is 0.0412 e. The van der Waals surface area contributed by atoms with Gasteiger partial charge in [-0.25, -0.2) is 0 Å². The van der Waals surface area contributed by atoms with Crippen molar-refractivity contribution in [2.45, 2.75) is 46.7 Å². The Morgan fingerprint density at radius 1 is 1.11 bits per heavy atom. The second kappa shape index (κ2) is 5.54. The van der Waals surface area contributed by atoms with Crippen molar-refractivity contribution in [3.8, 4) is 0 Å². The van der Waals surface area contributed by atoms with Gasteiger partial charge in [0.15, 0.2) is 0 Å². The van der Waals surface area contributed by atoms with E-state index in [9.17, 15) is 0 Å². The molecule has 2 rings (SSSR count). The Balaban J connectivity index is 2.13. The van der Waals surface area contributed by atoms with Gasteiger partial charge in [0.1, 0.15) is 0 Å². The number of para-hydroxylation sites is 1. The molecule has 1 saturated heterocycles. The third-order valence-corrected chi connectivity index (χ3v) is 4.13. The number of anilines is 1. The number of hydrogen-bond donors (Lipinski definition) is 1. The molecule has 1 aromatic rings. The van der Waals surface area contributed by atoms with Crippen LogP contribution in [0.2, 0.25) is 0 Å². The Morgan fingerprint density at radius 2 is 1.68 bits per heavy atom. The van der Waals surface area contributed by atoms with Crippen molar-refractivity contribution in [3.63, 3.8) is 0 Å². The molecule has 0 spiro atoms. The molecule has 1 aliphatic heterocycles. The topological polar surface area (TPSA) is 15.3 Å². The number of nitrogens with one attached hydrogen (secondary N) is 1. The van der Waals surface area contributed by atoms with E-state index in [1.54, 1.807) is 0 Å². The third-order valence-electron chi connectivity index (χ3n) is 4.13. The summed E-state index contributed by atoms with van der Waals surface area (Å²) in [6.45, 7) is 14.7. The van der Waals surface area contributed by atoms with Crippen LogP contribution in [0.25, 0.3) is 0 Å². The largest absolute Gasteiger partial charge is 0.371 e. The van der Waals surface area contributed by atoms with Crippen molar-refractivity contribution in [3.05, 3.63) is 29.8 Å². The Hall–Kier alpha value is -1.02. The van der Waals surface area contributed by atoms with Crippen molar-refractivity contribution in [1.82, 2.24) is 5.32 Å². The van der Waals surface area contributed by atoms with Crippen molar-refractivity contribution in [2.75, 3.05) is 18.0 Å². The zero-order valence-corrected chi connectivity index (χ0v) is 13.0. The van der Waals surface area contributed by atoms with Crippen LogP contribution in [0.5, 0.6) is 0 Å². The molecule has 0 saturated carbocycles. The molecule has 0 bridgehead atoms. The summed E-state index contributed by atoms with van der Waals surface area (Å²) < 4.78 is 0. The van der Waals surface area contributed by atoms with E-state index in [4.69, 9.17) is 0 Å². The highest BCUT2D eigenvalue weighted by atomic mass is 15.2. The number of hydrogen-bond acceptors (Lipinski definition) is 2. The molecule has 2 atom stereocenters. The molecule has 0 amide bonds. The average Bonchev–Trinajstić information content (AvgIpc) is 2.66. The van der Waals surface area contributed by atoms with Gasteiger partial charge in [0.2, 0.25) is 0 Å². The van der Waals surface area contributed by atoms with Gasteiger partial charge >= 0.3 is 0 Å². The highest BCUT2D eigenvalue weighted by Crippen LogP contribution is 2.30. The molecule has 2 nitrogen and oxygen atoms in total. The summed E-state index contributed by atoms with van der Waals surface area (Å²) >= 11 is 0. The fourth-order valence-electron chi connectivity index (χ4n) is 2.66. The zero-order chi connectivity index (χ0) is 14.0. The molecule has 0 radical (unpaired) electrons. The van der Waals surface area contributed by atoms with E-state index in [2.05, 4.69) is 69.1 Å². The lowest BCUT2D eigenvalue weighted by molar-refractivity contribution is 0.424. The highest BCUT2D eigenvalue weighted by molar-refractivity contribution is 5.54. The van der Waals surface area contributed by atoms with Crippen LogP contribution >= 0.6 is 0 Å². The van der Waals surface area contributed by atoms with Gasteiger partial charge in [0.05, 0.1) is 0 Å². The maximum atomic E-state index is 3.60. The predicted octanol–water partition coefficient (Wildman–Crippen LogP) is 3.67. The minimum absolute atomic E-state index is 0.165. The van der Waals surface area contributed by atoms with Crippen LogP contribution in [0.4, 0.5) is 5.69 Å². The number of benzene rings is 1. The van der Waals surface area contributed by atoms with Gasteiger partial charge in [-0.1, -0.05) is 32.0 Å². The van der Waals surface area contributed by atoms with Crippen molar-refractivity contribution < 1.29 is 0 Å². The summed E-state index contributed by atoms with van der Waals surface area (Å²) in [5.74, 6) is 1.59. The molecule has 106 valence electrons. The molecule has 1 N–H and O–H groups in total. The Morgan fingerprint density at radius 3 is 2.26 bits per heavy atom. The minimum Gasteiger partial charge on any atom is -0.371 e. The molecule has 2 heteroatoms. The summed E-state index contributed by atoms with van der Waals surface area (Å²) in [5, 5.41) is 3.60. The predicted molar refractivity (Wildman–Crippen MR) is 83.6 cm³/mol. The van der Waals surface area contributed by atoms with E-state index in [-0.39, 0.29) is 5.54 Å². The lowest BCUT2D eigenvalue weighted by Gasteiger charge is -2.25. The van der Waals surface area contributed by atoms with Crippen LogP contribution in [0, 0.1) is 11.8 Å². The number of rotatable bonds is 3. The van der Waals surface area contributed by atoms with Gasteiger partial charge < -0.3 is 10.2 Å². The standard InChI is InChI=1S/C17H28N2/c1-13-11-19(12-14(13)2)16-9-7-6-8-15(16)10-18-17(3,4)5/h6-9,13-14,18H,10-12H2,1-5H3. The molecule has 1 fully saturated rings. The van der Waals surface area contributed by atoms with Crippen LogP contribution in [0.15, 0.2) is 24.3 Å². The molecule has 1 aromatic carbocycles. The summed E-state index contributed by atoms with van der Waals surface area (Å²) in [6, 6.07) is 8.82. The van der Waals surface area contributed by atoms with Crippen LogP contribution in [-0.4, -0.2) is 18.6 Å². The molecule has 1 heterocycles. The lowest BCUT2D eigenvalue weighted by atomic mass is 10.0. The summed E-state index contributed by atoms with van der Waals surface area (Å²) in [4.78, 5) is 2.55. The fraction of sp³-hybridized carbons (Fsp3) is 0.647. The van der Waals surface area contributed by atoms with Crippen molar-refractivity contribution in [2.24, 2.45) is 11.8 Å². The minimum atomic E-state index is 0.165. The van der Waals surface area contributed by atoms with E-state index < -0.39 is 0 Å². The zero-order valence-electron chi connectivity index (χ0n) is 13.0. The fourth-order valence-corrected chi connectivity index (χ4v) is 2.66. The van der Waals surface area contributed by atoms with E-state index in [1.165, 1.54) is 24.3 Å². The normalized spacial score (nSPS) is 23.9. The SMILES string of the molecule is CC1CN(c2ccccc2CNC(C)(C)C)CC1C. The van der Waals surface area contributed by atoms with E-state index in [0.717, 1.165) is 18.4 Å². The quantitative estimate of drug-likeness (QED) is 0.892. The van der Waals surface area contributed by atoms with Gasteiger partial charge in [-0.15, -0.1) is 0 Å². The lowest BCUT2D eigenvalue weighted by Crippen LogP contribution is -2.35. The molecule has 19 heavy (non-hydrogen) atoms. The monoisotopic (exact) mass is 260 g/mol. The van der Waals surface area contributed by atoms with Gasteiger partial charge in [-0.2, -0.15) is 0 Å². The Kier molecular flexibility index (Phi) is 4.19. The second-order valence-electron chi connectivity index (χ2n) is 7.09. The first-order valence-corrected chi connectivity index (χ1v) is 7.45. The number of nitrogens with zero attached hydrogens (tertiary/aromatic N) is 1. The second-order valence-corrected chi connectivity index (χ2v) is 7.09. The maximum Gasteiger partial charge on any atom is 0.0412 e. The van der Waals surface area contributed by atoms with Crippen molar-refractivity contribution >= 4 is 5.69 Å². The molecule has 0 aliphatic carbocycles. The molecule has 1 aliphatic rings. The van der Waals surface area contributed by atoms with E-state index >= 15 is 0 Å². The Bertz CT molecular complexity index is 410. The Labute approximate surface area is 118 Å². The first kappa shape index (κ1) is 14.4. The van der Waals surface area contributed by atoms with Crippen LogP contribution < -0.4 is 10.2 Å². The van der Waals surface area contributed by atoms with Gasteiger partial charge in [0, 0.05) is 30.9 Å². The summed E-state index contributed by atoms with van der Waals surface area (Å²) in [7, 11) is 0. The third kappa shape index (κ3) is 3.73. The molecular formula is C17H28N2. The highest BCUT2D eigenvalue weighted by Gasteiger charge is 2.27. The van der Waals surface area contributed by atoms with Crippen LogP contribution in [-0.2, 0) is 6.54 Å². The van der Waals surface area contributed by atoms with E-state index in [1.807, 2.05) is 0 Å². The van der Waals surface area contributed by atoms with Gasteiger partial charge in [0.25, 0.3) is 0 Å². The summed E-state index contributed by atoms with van der Waals surface area (Å²) in [6.07, 6.45) is 0. The van der Waals surface area contributed by atoms with Gasteiger partial charge in [-0.05, 0) is 44.2 Å². The average molecular weight is 260 g/mol. The summed E-state index contributed by atoms with van der Waals surface area (Å²) in [5.41, 5.74) is 2.99.